The molecule has 2 aliphatic rings. The fourth-order valence-electron chi connectivity index (χ4n) is 5.73. The zero-order valence-corrected chi connectivity index (χ0v) is 20.9. The van der Waals surface area contributed by atoms with Crippen molar-refractivity contribution in [3.8, 4) is 6.07 Å². The van der Waals surface area contributed by atoms with Gasteiger partial charge in [-0.15, -0.1) is 0 Å². The monoisotopic (exact) mass is 472 g/mol. The van der Waals surface area contributed by atoms with Gasteiger partial charge in [0.25, 0.3) is 0 Å². The molecule has 1 saturated heterocycles. The molecule has 2 aromatic rings. The highest BCUT2D eigenvalue weighted by atomic mass is 16.2. The number of benzene rings is 2. The first-order chi connectivity index (χ1) is 17.0. The molecular formula is C29H36N4O2. The number of amides is 2. The first-order valence-corrected chi connectivity index (χ1v) is 12.9. The van der Waals surface area contributed by atoms with E-state index in [-0.39, 0.29) is 29.6 Å². The minimum absolute atomic E-state index is 0.0918. The summed E-state index contributed by atoms with van der Waals surface area (Å²) >= 11 is 0. The number of nitrogens with one attached hydrogen (secondary N) is 1. The van der Waals surface area contributed by atoms with Crippen molar-refractivity contribution < 1.29 is 9.59 Å². The van der Waals surface area contributed by atoms with Crippen LogP contribution in [0.3, 0.4) is 0 Å². The molecule has 4 rings (SSSR count). The average molecular weight is 473 g/mol. The predicted octanol–water partition coefficient (Wildman–Crippen LogP) is 4.85. The molecule has 2 amide bonds. The number of hydrogen-bond donors (Lipinski definition) is 1. The van der Waals surface area contributed by atoms with Crippen LogP contribution in [0, 0.1) is 23.2 Å². The van der Waals surface area contributed by atoms with Gasteiger partial charge < -0.3 is 15.1 Å². The van der Waals surface area contributed by atoms with Gasteiger partial charge in [-0.1, -0.05) is 43.2 Å². The highest BCUT2D eigenvalue weighted by molar-refractivity contribution is 5.95. The first-order valence-electron chi connectivity index (χ1n) is 12.9. The molecule has 184 valence electrons. The maximum Gasteiger partial charge on any atom is 0.229 e. The zero-order valence-electron chi connectivity index (χ0n) is 20.9. The Balaban J connectivity index is 1.47. The fourth-order valence-corrected chi connectivity index (χ4v) is 5.73. The van der Waals surface area contributed by atoms with Gasteiger partial charge >= 0.3 is 0 Å². The Hall–Kier alpha value is -3.33. The molecule has 1 aliphatic heterocycles. The van der Waals surface area contributed by atoms with Crippen molar-refractivity contribution in [2.75, 3.05) is 36.5 Å². The van der Waals surface area contributed by atoms with Gasteiger partial charge in [0.2, 0.25) is 11.8 Å². The van der Waals surface area contributed by atoms with E-state index < -0.39 is 0 Å². The summed E-state index contributed by atoms with van der Waals surface area (Å²) in [6.45, 7) is 4.15. The van der Waals surface area contributed by atoms with Crippen molar-refractivity contribution in [3.05, 3.63) is 59.7 Å². The highest BCUT2D eigenvalue weighted by Gasteiger charge is 2.33. The molecule has 6 nitrogen and oxygen atoms in total. The Morgan fingerprint density at radius 1 is 1.09 bits per heavy atom. The van der Waals surface area contributed by atoms with Gasteiger partial charge in [-0.05, 0) is 62.3 Å². The standard InChI is InChI=1S/C29H36N4O2/c1-3-31-28(34)27(21-9-5-4-6-10-21)22-15-17-33(18-16-22)26-14-13-25(19-24(26)20-30)32(2)29(35)23-11-7-8-12-23/h4-6,9-10,13-14,19,22-23,27H,3,7-8,11-12,15-18H2,1-2H3,(H,31,34). The molecular weight excluding hydrogens is 436 g/mol. The number of rotatable bonds is 7. The van der Waals surface area contributed by atoms with Gasteiger partial charge in [0.05, 0.1) is 17.2 Å². The largest absolute Gasteiger partial charge is 0.370 e. The van der Waals surface area contributed by atoms with Crippen LogP contribution in [-0.2, 0) is 9.59 Å². The molecule has 1 saturated carbocycles. The molecule has 1 unspecified atom stereocenters. The summed E-state index contributed by atoms with van der Waals surface area (Å²) in [7, 11) is 1.81. The van der Waals surface area contributed by atoms with Crippen LogP contribution in [0.15, 0.2) is 48.5 Å². The maximum absolute atomic E-state index is 12.9. The quantitative estimate of drug-likeness (QED) is 0.625. The van der Waals surface area contributed by atoms with E-state index in [9.17, 15) is 14.9 Å². The Labute approximate surface area is 208 Å². The van der Waals surface area contributed by atoms with Crippen LogP contribution in [0.4, 0.5) is 11.4 Å². The van der Waals surface area contributed by atoms with Gasteiger partial charge in [0.15, 0.2) is 0 Å². The summed E-state index contributed by atoms with van der Waals surface area (Å²) in [4.78, 5) is 29.8. The van der Waals surface area contributed by atoms with Crippen LogP contribution < -0.4 is 15.1 Å². The van der Waals surface area contributed by atoms with Gasteiger partial charge in [0.1, 0.15) is 6.07 Å². The van der Waals surface area contributed by atoms with Gasteiger partial charge in [0, 0.05) is 38.3 Å². The van der Waals surface area contributed by atoms with Gasteiger partial charge in [-0.2, -0.15) is 5.26 Å². The smallest absolute Gasteiger partial charge is 0.229 e. The lowest BCUT2D eigenvalue weighted by Crippen LogP contribution is -2.40. The van der Waals surface area contributed by atoms with E-state index in [4.69, 9.17) is 0 Å². The predicted molar refractivity (Wildman–Crippen MR) is 139 cm³/mol. The second kappa shape index (κ2) is 11.4. The van der Waals surface area contributed by atoms with E-state index in [0.29, 0.717) is 12.1 Å². The van der Waals surface area contributed by atoms with Crippen molar-refractivity contribution in [3.63, 3.8) is 0 Å². The molecule has 0 spiro atoms. The summed E-state index contributed by atoms with van der Waals surface area (Å²) in [6, 6.07) is 18.2. The molecule has 1 aliphatic carbocycles. The molecule has 1 heterocycles. The number of nitrogens with zero attached hydrogens (tertiary/aromatic N) is 3. The molecule has 0 radical (unpaired) electrons. The molecule has 2 aromatic carbocycles. The molecule has 35 heavy (non-hydrogen) atoms. The number of hydrogen-bond acceptors (Lipinski definition) is 4. The Kier molecular flexibility index (Phi) is 8.07. The number of anilines is 2. The van der Waals surface area contributed by atoms with E-state index >= 15 is 0 Å². The molecule has 6 heteroatoms. The molecule has 0 bridgehead atoms. The second-order valence-electron chi connectivity index (χ2n) is 9.80. The van der Waals surface area contributed by atoms with E-state index in [0.717, 1.165) is 68.6 Å². The first kappa shape index (κ1) is 24.8. The fraction of sp³-hybridized carbons (Fsp3) is 0.483. The number of carbonyl (C=O) groups is 2. The summed E-state index contributed by atoms with van der Waals surface area (Å²) in [5.74, 6) is 0.435. The SMILES string of the molecule is CCNC(=O)C(c1ccccc1)C1CCN(c2ccc(N(C)C(=O)C3CCCC3)cc2C#N)CC1. The van der Waals surface area contributed by atoms with Crippen LogP contribution >= 0.6 is 0 Å². The summed E-state index contributed by atoms with van der Waals surface area (Å²) in [5.41, 5.74) is 3.34. The highest BCUT2D eigenvalue weighted by Crippen LogP contribution is 2.36. The lowest BCUT2D eigenvalue weighted by Gasteiger charge is -2.37. The number of piperidine rings is 1. The lowest BCUT2D eigenvalue weighted by atomic mass is 9.79. The van der Waals surface area contributed by atoms with Crippen molar-refractivity contribution in [2.45, 2.75) is 51.4 Å². The second-order valence-corrected chi connectivity index (χ2v) is 9.80. The third-order valence-electron chi connectivity index (χ3n) is 7.67. The number of nitriles is 1. The molecule has 2 fully saturated rings. The van der Waals surface area contributed by atoms with Crippen LogP contribution in [-0.4, -0.2) is 38.5 Å². The van der Waals surface area contributed by atoms with E-state index in [2.05, 4.69) is 16.3 Å². The third kappa shape index (κ3) is 5.51. The normalized spacial score (nSPS) is 17.6. The molecule has 0 aromatic heterocycles. The maximum atomic E-state index is 12.9. The van der Waals surface area contributed by atoms with Crippen molar-refractivity contribution in [2.24, 2.45) is 11.8 Å². The van der Waals surface area contributed by atoms with E-state index in [1.807, 2.05) is 62.5 Å². The Morgan fingerprint density at radius 2 is 1.77 bits per heavy atom. The number of likely N-dealkylation sites (N-methyl/N-ethyl adjacent to an activating group) is 1. The van der Waals surface area contributed by atoms with Crippen molar-refractivity contribution in [1.29, 1.82) is 5.26 Å². The average Bonchev–Trinajstić information content (AvgIpc) is 3.44. The minimum Gasteiger partial charge on any atom is -0.370 e. The van der Waals surface area contributed by atoms with Crippen molar-refractivity contribution >= 4 is 23.2 Å². The Bertz CT molecular complexity index is 1060. The lowest BCUT2D eigenvalue weighted by molar-refractivity contribution is -0.124. The van der Waals surface area contributed by atoms with E-state index in [1.165, 1.54) is 0 Å². The molecule has 1 N–H and O–H groups in total. The van der Waals surface area contributed by atoms with Crippen LogP contribution in [0.2, 0.25) is 0 Å². The van der Waals surface area contributed by atoms with Crippen LogP contribution in [0.1, 0.15) is 62.5 Å². The van der Waals surface area contributed by atoms with Gasteiger partial charge in [-0.3, -0.25) is 9.59 Å². The van der Waals surface area contributed by atoms with Crippen molar-refractivity contribution in [1.82, 2.24) is 5.32 Å². The summed E-state index contributed by atoms with van der Waals surface area (Å²) in [5, 5.41) is 12.9. The van der Waals surface area contributed by atoms with Gasteiger partial charge in [-0.25, -0.2) is 0 Å². The van der Waals surface area contributed by atoms with Crippen LogP contribution in [0.5, 0.6) is 0 Å². The zero-order chi connectivity index (χ0) is 24.8. The Morgan fingerprint density at radius 3 is 2.40 bits per heavy atom. The van der Waals surface area contributed by atoms with Crippen LogP contribution in [0.25, 0.3) is 0 Å². The summed E-state index contributed by atoms with van der Waals surface area (Å²) in [6.07, 6.45) is 5.91. The topological polar surface area (TPSA) is 76.4 Å². The minimum atomic E-state index is -0.161. The summed E-state index contributed by atoms with van der Waals surface area (Å²) < 4.78 is 0. The van der Waals surface area contributed by atoms with E-state index in [1.54, 1.807) is 4.90 Å². The molecule has 1 atom stereocenters. The number of carbonyl (C=O) groups excluding carboxylic acids is 2. The third-order valence-corrected chi connectivity index (χ3v) is 7.67.